The zero-order valence-electron chi connectivity index (χ0n) is 18.7. The summed E-state index contributed by atoms with van der Waals surface area (Å²) in [6.07, 6.45) is 3.34. The minimum absolute atomic E-state index is 0.0719. The number of carbonyl (C=O) groups is 1. The van der Waals surface area contributed by atoms with E-state index in [4.69, 9.17) is 14.2 Å². The van der Waals surface area contributed by atoms with Gasteiger partial charge in [-0.15, -0.1) is 0 Å². The van der Waals surface area contributed by atoms with E-state index in [-0.39, 0.29) is 16.7 Å². The highest BCUT2D eigenvalue weighted by Gasteiger charge is 2.32. The lowest BCUT2D eigenvalue weighted by atomic mass is 9.97. The SMILES string of the molecule is CCOc1cc(CNC(=O)C2CCN(S(=O)(=O)c3ccc4c(c3)OCCCO4)CC2)ccn1. The number of sulfonamides is 1. The van der Waals surface area contributed by atoms with Crippen LogP contribution in [-0.4, -0.2) is 56.5 Å². The molecule has 178 valence electrons. The molecule has 1 amide bonds. The summed E-state index contributed by atoms with van der Waals surface area (Å²) in [6.45, 7) is 4.40. The number of fused-ring (bicyclic) bond motifs is 1. The topological polar surface area (TPSA) is 107 Å². The van der Waals surface area contributed by atoms with Crippen molar-refractivity contribution >= 4 is 15.9 Å². The molecule has 0 bridgehead atoms. The van der Waals surface area contributed by atoms with Crippen LogP contribution < -0.4 is 19.5 Å². The largest absolute Gasteiger partial charge is 0.490 e. The van der Waals surface area contributed by atoms with Crippen LogP contribution in [0.5, 0.6) is 17.4 Å². The molecule has 0 unspecified atom stereocenters. The first-order valence-corrected chi connectivity index (χ1v) is 12.7. The second-order valence-corrected chi connectivity index (χ2v) is 9.93. The van der Waals surface area contributed by atoms with E-state index in [9.17, 15) is 13.2 Å². The highest BCUT2D eigenvalue weighted by molar-refractivity contribution is 7.89. The van der Waals surface area contributed by atoms with Crippen LogP contribution in [0.4, 0.5) is 0 Å². The lowest BCUT2D eigenvalue weighted by Crippen LogP contribution is -2.42. The van der Waals surface area contributed by atoms with Crippen molar-refractivity contribution in [2.75, 3.05) is 32.9 Å². The van der Waals surface area contributed by atoms with Crippen LogP contribution in [0.1, 0.15) is 31.7 Å². The maximum atomic E-state index is 13.1. The summed E-state index contributed by atoms with van der Waals surface area (Å²) in [6, 6.07) is 8.35. The summed E-state index contributed by atoms with van der Waals surface area (Å²) in [5.74, 6) is 1.24. The number of rotatable bonds is 7. The van der Waals surface area contributed by atoms with Crippen molar-refractivity contribution in [2.24, 2.45) is 5.92 Å². The van der Waals surface area contributed by atoms with Crippen LogP contribution in [-0.2, 0) is 21.4 Å². The number of benzene rings is 1. The first kappa shape index (κ1) is 23.3. The lowest BCUT2D eigenvalue weighted by molar-refractivity contribution is -0.126. The Balaban J connectivity index is 1.33. The highest BCUT2D eigenvalue weighted by atomic mass is 32.2. The molecule has 2 aliphatic rings. The summed E-state index contributed by atoms with van der Waals surface area (Å²) in [4.78, 5) is 16.9. The Hall–Kier alpha value is -2.85. The van der Waals surface area contributed by atoms with Crippen molar-refractivity contribution in [3.8, 4) is 17.4 Å². The number of pyridine rings is 1. The fourth-order valence-electron chi connectivity index (χ4n) is 3.93. The Morgan fingerprint density at radius 1 is 1.15 bits per heavy atom. The molecule has 9 nitrogen and oxygen atoms in total. The normalized spacial score (nSPS) is 17.2. The molecule has 0 saturated carbocycles. The second-order valence-electron chi connectivity index (χ2n) is 7.99. The summed E-state index contributed by atoms with van der Waals surface area (Å²) in [5.41, 5.74) is 0.899. The van der Waals surface area contributed by atoms with E-state index in [1.807, 2.05) is 13.0 Å². The van der Waals surface area contributed by atoms with Gasteiger partial charge in [0, 0.05) is 50.3 Å². The van der Waals surface area contributed by atoms with E-state index < -0.39 is 10.0 Å². The maximum Gasteiger partial charge on any atom is 0.243 e. The first-order valence-electron chi connectivity index (χ1n) is 11.2. The van der Waals surface area contributed by atoms with Crippen molar-refractivity contribution in [2.45, 2.75) is 37.6 Å². The molecule has 2 aliphatic heterocycles. The molecule has 0 radical (unpaired) electrons. The van der Waals surface area contributed by atoms with Gasteiger partial charge in [-0.3, -0.25) is 4.79 Å². The van der Waals surface area contributed by atoms with Gasteiger partial charge in [-0.1, -0.05) is 0 Å². The molecular formula is C23H29N3O6S. The predicted molar refractivity (Wildman–Crippen MR) is 121 cm³/mol. The molecule has 0 spiro atoms. The van der Waals surface area contributed by atoms with Gasteiger partial charge in [-0.2, -0.15) is 4.31 Å². The van der Waals surface area contributed by atoms with Crippen LogP contribution >= 0.6 is 0 Å². The van der Waals surface area contributed by atoms with Crippen LogP contribution in [0.15, 0.2) is 41.4 Å². The third-order valence-corrected chi connectivity index (χ3v) is 7.63. The van der Waals surface area contributed by atoms with Gasteiger partial charge in [0.25, 0.3) is 0 Å². The number of hydrogen-bond acceptors (Lipinski definition) is 7. The molecule has 10 heteroatoms. The number of nitrogens with zero attached hydrogens (tertiary/aromatic N) is 2. The van der Waals surface area contributed by atoms with Crippen LogP contribution in [0.25, 0.3) is 0 Å². The highest BCUT2D eigenvalue weighted by Crippen LogP contribution is 2.33. The molecule has 4 rings (SSSR count). The van der Waals surface area contributed by atoms with Gasteiger partial charge in [0.15, 0.2) is 11.5 Å². The maximum absolute atomic E-state index is 13.1. The Labute approximate surface area is 194 Å². The monoisotopic (exact) mass is 475 g/mol. The fraction of sp³-hybridized carbons (Fsp3) is 0.478. The van der Waals surface area contributed by atoms with Gasteiger partial charge < -0.3 is 19.5 Å². The third-order valence-electron chi connectivity index (χ3n) is 5.74. The Kier molecular flexibility index (Phi) is 7.34. The van der Waals surface area contributed by atoms with E-state index >= 15 is 0 Å². The number of ether oxygens (including phenoxy) is 3. The smallest absolute Gasteiger partial charge is 0.243 e. The van der Waals surface area contributed by atoms with Gasteiger partial charge in [-0.25, -0.2) is 13.4 Å². The van der Waals surface area contributed by atoms with Gasteiger partial charge >= 0.3 is 0 Å². The summed E-state index contributed by atoms with van der Waals surface area (Å²) in [7, 11) is -3.68. The molecule has 0 aliphatic carbocycles. The average molecular weight is 476 g/mol. The minimum atomic E-state index is -3.68. The van der Waals surface area contributed by atoms with E-state index in [1.165, 1.54) is 10.4 Å². The van der Waals surface area contributed by atoms with Crippen molar-refractivity contribution in [3.05, 3.63) is 42.1 Å². The Morgan fingerprint density at radius 2 is 1.91 bits per heavy atom. The average Bonchev–Trinajstić information content (AvgIpc) is 3.08. The van der Waals surface area contributed by atoms with E-state index in [1.54, 1.807) is 24.4 Å². The molecule has 1 N–H and O–H groups in total. The van der Waals surface area contributed by atoms with E-state index in [0.717, 1.165) is 12.0 Å². The first-order chi connectivity index (χ1) is 16.0. The van der Waals surface area contributed by atoms with Gasteiger partial charge in [0.05, 0.1) is 24.7 Å². The standard InChI is InChI=1S/C23H29N3O6S/c1-2-30-22-14-17(6-9-24-22)16-25-23(27)18-7-10-26(11-8-18)33(28,29)19-4-5-20-21(15-19)32-13-3-12-31-20/h4-6,9,14-15,18H,2-3,7-8,10-13,16H2,1H3,(H,25,27). The van der Waals surface area contributed by atoms with Crippen molar-refractivity contribution in [1.82, 2.24) is 14.6 Å². The third kappa shape index (κ3) is 5.56. The lowest BCUT2D eigenvalue weighted by Gasteiger charge is -2.30. The summed E-state index contributed by atoms with van der Waals surface area (Å²) >= 11 is 0. The number of hydrogen-bond donors (Lipinski definition) is 1. The molecule has 1 aromatic heterocycles. The fourth-order valence-corrected chi connectivity index (χ4v) is 5.42. The van der Waals surface area contributed by atoms with Gasteiger partial charge in [-0.05, 0) is 43.5 Å². The minimum Gasteiger partial charge on any atom is -0.490 e. The molecule has 2 aromatic rings. The predicted octanol–water partition coefficient (Wildman–Crippen LogP) is 2.36. The Morgan fingerprint density at radius 3 is 2.67 bits per heavy atom. The quantitative estimate of drug-likeness (QED) is 0.655. The number of amides is 1. The number of carbonyl (C=O) groups excluding carboxylic acids is 1. The van der Waals surface area contributed by atoms with Gasteiger partial charge in [0.2, 0.25) is 21.8 Å². The number of aromatic nitrogens is 1. The Bertz CT molecular complexity index is 1080. The molecule has 1 saturated heterocycles. The second kappa shape index (κ2) is 10.4. The molecule has 0 atom stereocenters. The van der Waals surface area contributed by atoms with E-state index in [2.05, 4.69) is 10.3 Å². The zero-order valence-corrected chi connectivity index (χ0v) is 19.5. The molecule has 33 heavy (non-hydrogen) atoms. The summed E-state index contributed by atoms with van der Waals surface area (Å²) < 4.78 is 44.3. The van der Waals surface area contributed by atoms with Crippen molar-refractivity contribution in [3.63, 3.8) is 0 Å². The van der Waals surface area contributed by atoms with Crippen LogP contribution in [0.3, 0.4) is 0 Å². The van der Waals surface area contributed by atoms with Crippen LogP contribution in [0, 0.1) is 5.92 Å². The van der Waals surface area contributed by atoms with Crippen LogP contribution in [0.2, 0.25) is 0 Å². The molecule has 1 fully saturated rings. The van der Waals surface area contributed by atoms with E-state index in [0.29, 0.717) is 69.7 Å². The number of piperidine rings is 1. The molecule has 1 aromatic carbocycles. The summed E-state index contributed by atoms with van der Waals surface area (Å²) in [5, 5.41) is 2.94. The number of nitrogens with one attached hydrogen (secondary N) is 1. The molecule has 3 heterocycles. The van der Waals surface area contributed by atoms with Gasteiger partial charge in [0.1, 0.15) is 0 Å². The van der Waals surface area contributed by atoms with Crippen molar-refractivity contribution in [1.29, 1.82) is 0 Å². The zero-order chi connectivity index (χ0) is 23.3. The van der Waals surface area contributed by atoms with Crippen molar-refractivity contribution < 1.29 is 27.4 Å². The molecular weight excluding hydrogens is 446 g/mol.